The average molecular weight is 296 g/mol. The van der Waals surface area contributed by atoms with Gasteiger partial charge in [0.1, 0.15) is 0 Å². The van der Waals surface area contributed by atoms with Gasteiger partial charge in [0.25, 0.3) is 0 Å². The molecule has 0 spiro atoms. The summed E-state index contributed by atoms with van der Waals surface area (Å²) >= 11 is 0. The Labute approximate surface area is 126 Å². The zero-order valence-corrected chi connectivity index (χ0v) is 13.3. The number of benzene rings is 1. The van der Waals surface area contributed by atoms with E-state index in [0.29, 0.717) is 17.5 Å². The normalized spacial score (nSPS) is 21.0. The third-order valence-corrected chi connectivity index (χ3v) is 4.58. The van der Waals surface area contributed by atoms with Gasteiger partial charge in [0.2, 0.25) is 0 Å². The number of halogens is 2. The smallest absolute Gasteiger partial charge is 0.163 e. The van der Waals surface area contributed by atoms with Crippen molar-refractivity contribution in [2.75, 3.05) is 26.7 Å². The maximum Gasteiger partial charge on any atom is 0.163 e. The number of nitrogens with one attached hydrogen (secondary N) is 1. The molecule has 0 bridgehead atoms. The molecule has 1 aromatic carbocycles. The Morgan fingerprint density at radius 2 is 2.00 bits per heavy atom. The first-order valence-electron chi connectivity index (χ1n) is 7.76. The van der Waals surface area contributed by atoms with Crippen molar-refractivity contribution in [3.05, 3.63) is 35.4 Å². The summed E-state index contributed by atoms with van der Waals surface area (Å²) in [6.45, 7) is 7.37. The Bertz CT molecular complexity index is 474. The second-order valence-corrected chi connectivity index (χ2v) is 6.80. The molecule has 118 valence electrons. The van der Waals surface area contributed by atoms with Gasteiger partial charge < -0.3 is 10.2 Å². The van der Waals surface area contributed by atoms with Gasteiger partial charge in [0.15, 0.2) is 11.6 Å². The first kappa shape index (κ1) is 16.4. The van der Waals surface area contributed by atoms with E-state index >= 15 is 0 Å². The molecule has 0 saturated carbocycles. The lowest BCUT2D eigenvalue weighted by Gasteiger charge is -2.27. The Balaban J connectivity index is 2.07. The second-order valence-electron chi connectivity index (χ2n) is 6.80. The lowest BCUT2D eigenvalue weighted by atomic mass is 9.85. The fourth-order valence-corrected chi connectivity index (χ4v) is 3.05. The summed E-state index contributed by atoms with van der Waals surface area (Å²) in [4.78, 5) is 2.36. The zero-order chi connectivity index (χ0) is 15.5. The van der Waals surface area contributed by atoms with Crippen molar-refractivity contribution in [3.8, 4) is 0 Å². The van der Waals surface area contributed by atoms with E-state index in [1.165, 1.54) is 12.5 Å². The van der Waals surface area contributed by atoms with Crippen molar-refractivity contribution in [1.29, 1.82) is 0 Å². The van der Waals surface area contributed by atoms with Crippen LogP contribution in [0.5, 0.6) is 0 Å². The molecule has 0 radical (unpaired) electrons. The third kappa shape index (κ3) is 4.24. The molecule has 4 heteroatoms. The summed E-state index contributed by atoms with van der Waals surface area (Å²) < 4.78 is 27.4. The van der Waals surface area contributed by atoms with Crippen LogP contribution < -0.4 is 5.32 Å². The van der Waals surface area contributed by atoms with Gasteiger partial charge in [-0.1, -0.05) is 26.0 Å². The van der Waals surface area contributed by atoms with Gasteiger partial charge in [-0.2, -0.15) is 0 Å². The van der Waals surface area contributed by atoms with Crippen molar-refractivity contribution < 1.29 is 8.78 Å². The molecule has 2 nitrogen and oxygen atoms in total. The maximum atomic E-state index is 14.0. The highest BCUT2D eigenvalue weighted by Gasteiger charge is 2.25. The van der Waals surface area contributed by atoms with E-state index in [1.807, 2.05) is 0 Å². The summed E-state index contributed by atoms with van der Waals surface area (Å²) in [5.74, 6) is -1.50. The van der Waals surface area contributed by atoms with Crippen LogP contribution in [0.2, 0.25) is 0 Å². The van der Waals surface area contributed by atoms with Crippen LogP contribution in [0.15, 0.2) is 18.2 Å². The Morgan fingerprint density at radius 3 is 2.71 bits per heavy atom. The van der Waals surface area contributed by atoms with Crippen molar-refractivity contribution in [2.24, 2.45) is 5.41 Å². The number of nitrogens with zero attached hydrogens (tertiary/aromatic N) is 1. The second kappa shape index (κ2) is 6.84. The highest BCUT2D eigenvalue weighted by molar-refractivity contribution is 5.23. The highest BCUT2D eigenvalue weighted by atomic mass is 19.2. The van der Waals surface area contributed by atoms with E-state index in [0.717, 1.165) is 25.9 Å². The highest BCUT2D eigenvalue weighted by Crippen LogP contribution is 2.30. The maximum absolute atomic E-state index is 14.0. The van der Waals surface area contributed by atoms with Gasteiger partial charge >= 0.3 is 0 Å². The molecule has 1 N–H and O–H groups in total. The monoisotopic (exact) mass is 296 g/mol. The van der Waals surface area contributed by atoms with Crippen molar-refractivity contribution in [3.63, 3.8) is 0 Å². The molecule has 1 heterocycles. The average Bonchev–Trinajstić information content (AvgIpc) is 2.61. The lowest BCUT2D eigenvalue weighted by molar-refractivity contribution is 0.238. The number of likely N-dealkylation sites (N-methyl/N-ethyl adjacent to an activating group) is 1. The van der Waals surface area contributed by atoms with Gasteiger partial charge in [0.05, 0.1) is 0 Å². The van der Waals surface area contributed by atoms with E-state index < -0.39 is 11.6 Å². The van der Waals surface area contributed by atoms with Gasteiger partial charge in [-0.15, -0.1) is 0 Å². The van der Waals surface area contributed by atoms with E-state index in [4.69, 9.17) is 0 Å². The molecule has 1 unspecified atom stereocenters. The molecule has 0 amide bonds. The largest absolute Gasteiger partial charge is 0.312 e. The number of likely N-dealkylation sites (tertiary alicyclic amines) is 1. The predicted octanol–water partition coefficient (Wildman–Crippen LogP) is 3.74. The Kier molecular flexibility index (Phi) is 5.33. The molecule has 21 heavy (non-hydrogen) atoms. The number of rotatable bonds is 4. The summed E-state index contributed by atoms with van der Waals surface area (Å²) in [6, 6.07) is 4.23. The predicted molar refractivity (Wildman–Crippen MR) is 82.2 cm³/mol. The molecule has 1 atom stereocenters. The van der Waals surface area contributed by atoms with Crippen LogP contribution in [0.25, 0.3) is 0 Å². The quantitative estimate of drug-likeness (QED) is 0.910. The molecule has 0 aliphatic carbocycles. The Morgan fingerprint density at radius 1 is 1.24 bits per heavy atom. The first-order valence-corrected chi connectivity index (χ1v) is 7.76. The van der Waals surface area contributed by atoms with Crippen LogP contribution in [0.4, 0.5) is 8.78 Å². The fourth-order valence-electron chi connectivity index (χ4n) is 3.05. The minimum Gasteiger partial charge on any atom is -0.312 e. The lowest BCUT2D eigenvalue weighted by Crippen LogP contribution is -2.35. The molecule has 1 aromatic rings. The van der Waals surface area contributed by atoms with Crippen LogP contribution >= 0.6 is 0 Å². The van der Waals surface area contributed by atoms with E-state index in [-0.39, 0.29) is 6.04 Å². The third-order valence-electron chi connectivity index (χ3n) is 4.58. The standard InChI is InChI=1S/C17H26F2N2/c1-17(2)8-5-10-21(11-9-17)12-15(20-3)13-6-4-7-14(18)16(13)19/h4,6-7,15,20H,5,8-12H2,1-3H3. The van der Waals surface area contributed by atoms with E-state index in [9.17, 15) is 8.78 Å². The van der Waals surface area contributed by atoms with Crippen molar-refractivity contribution >= 4 is 0 Å². The van der Waals surface area contributed by atoms with Crippen LogP contribution in [0.1, 0.15) is 44.7 Å². The fraction of sp³-hybridized carbons (Fsp3) is 0.647. The summed E-state index contributed by atoms with van der Waals surface area (Å²) in [5, 5.41) is 3.13. The van der Waals surface area contributed by atoms with Gasteiger partial charge in [-0.05, 0) is 50.9 Å². The first-order chi connectivity index (χ1) is 9.93. The van der Waals surface area contributed by atoms with Crippen LogP contribution in [-0.4, -0.2) is 31.6 Å². The van der Waals surface area contributed by atoms with Gasteiger partial charge in [-0.25, -0.2) is 8.78 Å². The molecule has 2 rings (SSSR count). The SMILES string of the molecule is CNC(CN1CCCC(C)(C)CC1)c1cccc(F)c1F. The van der Waals surface area contributed by atoms with Crippen LogP contribution in [0, 0.1) is 17.0 Å². The van der Waals surface area contributed by atoms with E-state index in [2.05, 4.69) is 24.1 Å². The molecule has 1 fully saturated rings. The van der Waals surface area contributed by atoms with Crippen LogP contribution in [0.3, 0.4) is 0 Å². The van der Waals surface area contributed by atoms with Gasteiger partial charge in [0, 0.05) is 18.2 Å². The number of hydrogen-bond acceptors (Lipinski definition) is 2. The van der Waals surface area contributed by atoms with Gasteiger partial charge in [-0.3, -0.25) is 0 Å². The van der Waals surface area contributed by atoms with E-state index in [1.54, 1.807) is 19.2 Å². The number of hydrogen-bond donors (Lipinski definition) is 1. The molecular formula is C17H26F2N2. The topological polar surface area (TPSA) is 15.3 Å². The summed E-state index contributed by atoms with van der Waals surface area (Å²) in [7, 11) is 1.80. The Hall–Kier alpha value is -1.00. The molecule has 1 saturated heterocycles. The zero-order valence-electron chi connectivity index (χ0n) is 13.3. The molecule has 1 aliphatic rings. The molecule has 0 aromatic heterocycles. The molecular weight excluding hydrogens is 270 g/mol. The van der Waals surface area contributed by atoms with Crippen LogP contribution in [-0.2, 0) is 0 Å². The summed E-state index contributed by atoms with van der Waals surface area (Å²) in [6.07, 6.45) is 3.53. The summed E-state index contributed by atoms with van der Waals surface area (Å²) in [5.41, 5.74) is 0.801. The van der Waals surface area contributed by atoms with Crippen molar-refractivity contribution in [1.82, 2.24) is 10.2 Å². The molecule has 1 aliphatic heterocycles. The minimum atomic E-state index is -0.773. The van der Waals surface area contributed by atoms with Crippen molar-refractivity contribution in [2.45, 2.75) is 39.2 Å². The minimum absolute atomic E-state index is 0.179.